The number of halogens is 2. The summed E-state index contributed by atoms with van der Waals surface area (Å²) in [6.45, 7) is 1.99. The monoisotopic (exact) mass is 378 g/mol. The molecule has 5 nitrogen and oxygen atoms in total. The van der Waals surface area contributed by atoms with Crippen molar-refractivity contribution < 1.29 is 14.3 Å². The highest BCUT2D eigenvalue weighted by Crippen LogP contribution is 2.39. The van der Waals surface area contributed by atoms with Gasteiger partial charge in [0.05, 0.1) is 28.8 Å². The van der Waals surface area contributed by atoms with Gasteiger partial charge in [-0.3, -0.25) is 9.69 Å². The summed E-state index contributed by atoms with van der Waals surface area (Å²) in [4.78, 5) is 24.6. The molecule has 1 atom stereocenters. The van der Waals surface area contributed by atoms with Gasteiger partial charge in [0, 0.05) is 12.5 Å². The van der Waals surface area contributed by atoms with E-state index in [-0.39, 0.29) is 12.5 Å². The fourth-order valence-electron chi connectivity index (χ4n) is 2.69. The van der Waals surface area contributed by atoms with Crippen molar-refractivity contribution in [2.45, 2.75) is 13.0 Å². The molecule has 0 spiro atoms. The Morgan fingerprint density at radius 2 is 1.88 bits per heavy atom. The summed E-state index contributed by atoms with van der Waals surface area (Å²) in [6.07, 6.45) is -0.905. The van der Waals surface area contributed by atoms with Gasteiger partial charge in [0.1, 0.15) is 6.10 Å². The van der Waals surface area contributed by atoms with E-state index in [4.69, 9.17) is 27.9 Å². The Kier molecular flexibility index (Phi) is 5.16. The summed E-state index contributed by atoms with van der Waals surface area (Å²) in [5.41, 5.74) is 2.18. The molecule has 2 aromatic carbocycles. The van der Waals surface area contributed by atoms with Crippen LogP contribution in [0.3, 0.4) is 0 Å². The molecule has 2 amide bonds. The Hall–Kier alpha value is -2.24. The van der Waals surface area contributed by atoms with E-state index in [9.17, 15) is 9.59 Å². The predicted octanol–water partition coefficient (Wildman–Crippen LogP) is 4.12. The number of nitrogens with one attached hydrogen (secondary N) is 1. The SMILES string of the molecule is CC(=O)NCC1CN(c2cc(Cl)c(-c3ccccc3)c(Cl)c2)C(=O)O1. The van der Waals surface area contributed by atoms with Gasteiger partial charge in [0.2, 0.25) is 5.91 Å². The van der Waals surface area contributed by atoms with Gasteiger partial charge in [-0.1, -0.05) is 53.5 Å². The largest absolute Gasteiger partial charge is 0.442 e. The van der Waals surface area contributed by atoms with Gasteiger partial charge in [0.25, 0.3) is 0 Å². The minimum absolute atomic E-state index is 0.173. The van der Waals surface area contributed by atoms with Gasteiger partial charge in [-0.15, -0.1) is 0 Å². The number of hydrogen-bond donors (Lipinski definition) is 1. The van der Waals surface area contributed by atoms with E-state index in [1.165, 1.54) is 11.8 Å². The van der Waals surface area contributed by atoms with Gasteiger partial charge in [-0.05, 0) is 17.7 Å². The Morgan fingerprint density at radius 1 is 1.24 bits per heavy atom. The Bertz CT molecular complexity index is 788. The van der Waals surface area contributed by atoms with Crippen LogP contribution in [0.1, 0.15) is 6.92 Å². The molecule has 0 radical (unpaired) electrons. The molecule has 1 aliphatic rings. The highest BCUT2D eigenvalue weighted by Gasteiger charge is 2.33. The van der Waals surface area contributed by atoms with E-state index in [1.54, 1.807) is 12.1 Å². The van der Waals surface area contributed by atoms with Crippen molar-refractivity contribution in [1.29, 1.82) is 0 Å². The molecule has 1 N–H and O–H groups in total. The second-order valence-electron chi connectivity index (χ2n) is 5.70. The summed E-state index contributed by atoms with van der Waals surface area (Å²) in [5.74, 6) is -0.173. The molecular weight excluding hydrogens is 363 g/mol. The highest BCUT2D eigenvalue weighted by atomic mass is 35.5. The maximum atomic E-state index is 12.1. The smallest absolute Gasteiger partial charge is 0.414 e. The zero-order valence-electron chi connectivity index (χ0n) is 13.5. The number of anilines is 1. The van der Waals surface area contributed by atoms with E-state index in [1.807, 2.05) is 30.3 Å². The Morgan fingerprint density at radius 3 is 2.48 bits per heavy atom. The lowest BCUT2D eigenvalue weighted by atomic mass is 10.0. The van der Waals surface area contributed by atoms with Gasteiger partial charge in [-0.2, -0.15) is 0 Å². The fourth-order valence-corrected chi connectivity index (χ4v) is 3.39. The zero-order valence-corrected chi connectivity index (χ0v) is 15.0. The summed E-state index contributed by atoms with van der Waals surface area (Å²) >= 11 is 12.8. The van der Waals surface area contributed by atoms with Crippen LogP contribution in [0.15, 0.2) is 42.5 Å². The first-order valence-corrected chi connectivity index (χ1v) is 8.48. The van der Waals surface area contributed by atoms with E-state index in [0.29, 0.717) is 22.3 Å². The molecule has 2 aromatic rings. The molecule has 1 unspecified atom stereocenters. The van der Waals surface area contributed by atoms with E-state index in [0.717, 1.165) is 11.1 Å². The Balaban J connectivity index is 1.84. The third-order valence-corrected chi connectivity index (χ3v) is 4.45. The van der Waals surface area contributed by atoms with Crippen LogP contribution in [0.2, 0.25) is 10.0 Å². The van der Waals surface area contributed by atoms with E-state index < -0.39 is 12.2 Å². The van der Waals surface area contributed by atoms with Crippen molar-refractivity contribution in [3.63, 3.8) is 0 Å². The number of ether oxygens (including phenoxy) is 1. The van der Waals surface area contributed by atoms with Crippen LogP contribution < -0.4 is 10.2 Å². The summed E-state index contributed by atoms with van der Waals surface area (Å²) in [7, 11) is 0. The van der Waals surface area contributed by atoms with E-state index >= 15 is 0 Å². The molecule has 1 saturated heterocycles. The lowest BCUT2D eigenvalue weighted by Gasteiger charge is -2.16. The maximum Gasteiger partial charge on any atom is 0.414 e. The third-order valence-electron chi connectivity index (χ3n) is 3.85. The van der Waals surface area contributed by atoms with Crippen molar-refractivity contribution in [3.8, 4) is 11.1 Å². The van der Waals surface area contributed by atoms with Crippen molar-refractivity contribution in [1.82, 2.24) is 5.32 Å². The average Bonchev–Trinajstić information content (AvgIpc) is 2.94. The van der Waals surface area contributed by atoms with Gasteiger partial charge >= 0.3 is 6.09 Å². The summed E-state index contributed by atoms with van der Waals surface area (Å²) < 4.78 is 5.26. The first kappa shape index (κ1) is 17.6. The number of carbonyl (C=O) groups excluding carboxylic acids is 2. The fraction of sp³-hybridized carbons (Fsp3) is 0.222. The molecule has 3 rings (SSSR count). The number of amides is 2. The second kappa shape index (κ2) is 7.33. The quantitative estimate of drug-likeness (QED) is 0.870. The molecule has 1 fully saturated rings. The number of hydrogen-bond acceptors (Lipinski definition) is 3. The zero-order chi connectivity index (χ0) is 18.0. The molecule has 0 bridgehead atoms. The molecular formula is C18H16Cl2N2O3. The van der Waals surface area contributed by atoms with Crippen LogP contribution in [0.4, 0.5) is 10.5 Å². The van der Waals surface area contributed by atoms with Crippen LogP contribution in [0.25, 0.3) is 11.1 Å². The third kappa shape index (κ3) is 3.89. The molecule has 1 aliphatic heterocycles. The molecule has 0 saturated carbocycles. The molecule has 130 valence electrons. The lowest BCUT2D eigenvalue weighted by Crippen LogP contribution is -2.33. The summed E-state index contributed by atoms with van der Waals surface area (Å²) in [6, 6.07) is 12.9. The lowest BCUT2D eigenvalue weighted by molar-refractivity contribution is -0.119. The standard InChI is InChI=1S/C18H16Cl2N2O3/c1-11(23)21-9-14-10-22(18(24)25-14)13-7-15(19)17(16(20)8-13)12-5-3-2-4-6-12/h2-8,14H,9-10H2,1H3,(H,21,23). The molecule has 25 heavy (non-hydrogen) atoms. The molecule has 1 heterocycles. The first-order chi connectivity index (χ1) is 12.0. The highest BCUT2D eigenvalue weighted by molar-refractivity contribution is 6.39. The number of carbonyl (C=O) groups is 2. The average molecular weight is 379 g/mol. The number of rotatable bonds is 4. The predicted molar refractivity (Wildman–Crippen MR) is 98.2 cm³/mol. The van der Waals surface area contributed by atoms with Gasteiger partial charge in [0.15, 0.2) is 0 Å². The number of benzene rings is 2. The second-order valence-corrected chi connectivity index (χ2v) is 6.52. The molecule has 0 aromatic heterocycles. The van der Waals surface area contributed by atoms with Crippen molar-refractivity contribution in [2.24, 2.45) is 0 Å². The van der Waals surface area contributed by atoms with Crippen molar-refractivity contribution in [3.05, 3.63) is 52.5 Å². The maximum absolute atomic E-state index is 12.1. The Labute approximate surface area is 155 Å². The molecule has 7 heteroatoms. The normalized spacial score (nSPS) is 16.7. The minimum atomic E-state index is -0.491. The number of cyclic esters (lactones) is 1. The van der Waals surface area contributed by atoms with Gasteiger partial charge in [-0.25, -0.2) is 4.79 Å². The first-order valence-electron chi connectivity index (χ1n) is 7.72. The topological polar surface area (TPSA) is 58.6 Å². The number of nitrogens with zero attached hydrogens (tertiary/aromatic N) is 1. The van der Waals surface area contributed by atoms with Crippen LogP contribution in [-0.2, 0) is 9.53 Å². The van der Waals surface area contributed by atoms with Gasteiger partial charge < -0.3 is 10.1 Å². The summed E-state index contributed by atoms with van der Waals surface area (Å²) in [5, 5.41) is 3.54. The van der Waals surface area contributed by atoms with Crippen LogP contribution in [-0.4, -0.2) is 31.2 Å². The van der Waals surface area contributed by atoms with Crippen LogP contribution >= 0.6 is 23.2 Å². The minimum Gasteiger partial charge on any atom is -0.442 e. The van der Waals surface area contributed by atoms with Crippen LogP contribution in [0.5, 0.6) is 0 Å². The van der Waals surface area contributed by atoms with E-state index in [2.05, 4.69) is 5.32 Å². The molecule has 0 aliphatic carbocycles. The van der Waals surface area contributed by atoms with Crippen LogP contribution in [0, 0.1) is 0 Å². The van der Waals surface area contributed by atoms with Crippen molar-refractivity contribution >= 4 is 40.9 Å². The van der Waals surface area contributed by atoms with Crippen molar-refractivity contribution in [2.75, 3.05) is 18.0 Å².